The van der Waals surface area contributed by atoms with Crippen LogP contribution in [0, 0.1) is 11.7 Å². The predicted octanol–water partition coefficient (Wildman–Crippen LogP) is 2.11. The van der Waals surface area contributed by atoms with Gasteiger partial charge in [0.2, 0.25) is 5.91 Å². The number of likely N-dealkylation sites (N-methyl/N-ethyl adjacent to an activating group) is 1. The van der Waals surface area contributed by atoms with Crippen LogP contribution in [0.1, 0.15) is 24.8 Å². The Labute approximate surface area is 138 Å². The van der Waals surface area contributed by atoms with Crippen LogP contribution in [0.25, 0.3) is 0 Å². The normalized spacial score (nSPS) is 16.5. The van der Waals surface area contributed by atoms with Gasteiger partial charge in [0.15, 0.2) is 0 Å². The van der Waals surface area contributed by atoms with E-state index in [0.717, 1.165) is 38.4 Å². The fourth-order valence-electron chi connectivity index (χ4n) is 3.06. The third-order valence-corrected chi connectivity index (χ3v) is 4.66. The van der Waals surface area contributed by atoms with Crippen molar-refractivity contribution in [3.05, 3.63) is 35.6 Å². The van der Waals surface area contributed by atoms with Gasteiger partial charge in [-0.2, -0.15) is 0 Å². The average molecular weight is 321 g/mol. The topological polar surface area (TPSA) is 35.6 Å². The highest BCUT2D eigenvalue weighted by Crippen LogP contribution is 2.20. The Kier molecular flexibility index (Phi) is 6.99. The van der Waals surface area contributed by atoms with Gasteiger partial charge in [0.05, 0.1) is 6.54 Å². The second kappa shape index (κ2) is 8.99. The molecule has 23 heavy (non-hydrogen) atoms. The molecule has 1 aliphatic heterocycles. The highest BCUT2D eigenvalue weighted by Gasteiger charge is 2.22. The van der Waals surface area contributed by atoms with Crippen LogP contribution in [0.15, 0.2) is 24.3 Å². The Morgan fingerprint density at radius 3 is 2.70 bits per heavy atom. The molecular formula is C18H28FN3O. The molecule has 128 valence electrons. The Balaban J connectivity index is 1.75. The third kappa shape index (κ3) is 5.59. The number of piperidine rings is 1. The molecule has 0 aromatic heterocycles. The zero-order valence-corrected chi connectivity index (χ0v) is 14.2. The summed E-state index contributed by atoms with van der Waals surface area (Å²) in [7, 11) is 3.73. The van der Waals surface area contributed by atoms with Gasteiger partial charge in [-0.3, -0.25) is 9.69 Å². The molecule has 4 nitrogen and oxygen atoms in total. The number of nitrogens with zero attached hydrogens (tertiary/aromatic N) is 2. The maximum Gasteiger partial charge on any atom is 0.236 e. The lowest BCUT2D eigenvalue weighted by Gasteiger charge is -2.32. The number of amides is 1. The van der Waals surface area contributed by atoms with E-state index in [9.17, 15) is 9.18 Å². The van der Waals surface area contributed by atoms with Gasteiger partial charge in [-0.05, 0) is 57.9 Å². The molecule has 1 saturated heterocycles. The van der Waals surface area contributed by atoms with Crippen LogP contribution in [0.4, 0.5) is 4.39 Å². The Hall–Kier alpha value is -1.46. The number of nitrogens with one attached hydrogen (secondary N) is 1. The molecular weight excluding hydrogens is 293 g/mol. The molecule has 5 heteroatoms. The highest BCUT2D eigenvalue weighted by atomic mass is 19.1. The average Bonchev–Trinajstić information content (AvgIpc) is 2.56. The third-order valence-electron chi connectivity index (χ3n) is 4.66. The Bertz CT molecular complexity index is 501. The van der Waals surface area contributed by atoms with Gasteiger partial charge in [0.1, 0.15) is 5.82 Å². The number of halogens is 1. The molecule has 1 aromatic rings. The van der Waals surface area contributed by atoms with Crippen LogP contribution in [-0.4, -0.2) is 56.0 Å². The van der Waals surface area contributed by atoms with Crippen LogP contribution < -0.4 is 5.32 Å². The smallest absolute Gasteiger partial charge is 0.236 e. The van der Waals surface area contributed by atoms with Crippen LogP contribution >= 0.6 is 0 Å². The van der Waals surface area contributed by atoms with Gasteiger partial charge in [-0.1, -0.05) is 18.2 Å². The number of carbonyl (C=O) groups is 1. The number of likely N-dealkylation sites (tertiary alicyclic amines) is 1. The van der Waals surface area contributed by atoms with Crippen molar-refractivity contribution in [2.75, 3.05) is 40.3 Å². The van der Waals surface area contributed by atoms with Gasteiger partial charge in [-0.15, -0.1) is 0 Å². The molecule has 0 saturated carbocycles. The summed E-state index contributed by atoms with van der Waals surface area (Å²) < 4.78 is 13.7. The number of carbonyl (C=O) groups excluding carboxylic acids is 1. The number of benzene rings is 1. The minimum absolute atomic E-state index is 0.0573. The first-order chi connectivity index (χ1) is 11.1. The molecule has 1 amide bonds. The first-order valence-corrected chi connectivity index (χ1v) is 8.44. The Morgan fingerprint density at radius 2 is 2.04 bits per heavy atom. The lowest BCUT2D eigenvalue weighted by molar-refractivity contribution is -0.132. The summed E-state index contributed by atoms with van der Waals surface area (Å²) in [6.45, 7) is 3.78. The second-order valence-corrected chi connectivity index (χ2v) is 6.45. The zero-order valence-electron chi connectivity index (χ0n) is 14.2. The second-order valence-electron chi connectivity index (χ2n) is 6.45. The minimum atomic E-state index is -0.252. The lowest BCUT2D eigenvalue weighted by atomic mass is 9.93. The summed E-state index contributed by atoms with van der Waals surface area (Å²) in [6.07, 6.45) is 3.53. The fraction of sp³-hybridized carbons (Fsp3) is 0.611. The van der Waals surface area contributed by atoms with Crippen molar-refractivity contribution in [1.29, 1.82) is 0 Å². The van der Waals surface area contributed by atoms with E-state index in [1.807, 2.05) is 7.05 Å². The summed E-state index contributed by atoms with van der Waals surface area (Å²) >= 11 is 0. The van der Waals surface area contributed by atoms with Crippen molar-refractivity contribution in [3.8, 4) is 0 Å². The van der Waals surface area contributed by atoms with Gasteiger partial charge >= 0.3 is 0 Å². The summed E-state index contributed by atoms with van der Waals surface area (Å²) in [5, 5.41) is 3.20. The first kappa shape index (κ1) is 17.9. The van der Waals surface area contributed by atoms with Crippen LogP contribution in [0.5, 0.6) is 0 Å². The van der Waals surface area contributed by atoms with Crippen LogP contribution in [0.3, 0.4) is 0 Å². The monoisotopic (exact) mass is 321 g/mol. The van der Waals surface area contributed by atoms with Crippen molar-refractivity contribution >= 4 is 5.91 Å². The molecule has 1 fully saturated rings. The highest BCUT2D eigenvalue weighted by molar-refractivity contribution is 5.78. The van der Waals surface area contributed by atoms with E-state index in [1.54, 1.807) is 30.1 Å². The van der Waals surface area contributed by atoms with Crippen molar-refractivity contribution in [2.45, 2.75) is 25.8 Å². The molecule has 1 heterocycles. The van der Waals surface area contributed by atoms with Gasteiger partial charge in [0, 0.05) is 19.2 Å². The lowest BCUT2D eigenvalue weighted by Crippen LogP contribution is -2.42. The molecule has 2 rings (SSSR count). The van der Waals surface area contributed by atoms with Crippen molar-refractivity contribution in [3.63, 3.8) is 0 Å². The molecule has 0 radical (unpaired) electrons. The zero-order chi connectivity index (χ0) is 16.7. The SMILES string of the molecule is CNCCC1CCN(CC(=O)N(C)Cc2ccccc2F)CC1. The molecule has 0 aliphatic carbocycles. The number of rotatable bonds is 7. The molecule has 0 spiro atoms. The minimum Gasteiger partial charge on any atom is -0.340 e. The maximum atomic E-state index is 13.7. The maximum absolute atomic E-state index is 13.7. The molecule has 0 unspecified atom stereocenters. The van der Waals surface area contributed by atoms with Crippen molar-refractivity contribution < 1.29 is 9.18 Å². The van der Waals surface area contributed by atoms with Crippen molar-refractivity contribution in [1.82, 2.24) is 15.1 Å². The summed E-state index contributed by atoms with van der Waals surface area (Å²) in [4.78, 5) is 16.2. The van der Waals surface area contributed by atoms with Crippen molar-refractivity contribution in [2.24, 2.45) is 5.92 Å². The molecule has 0 bridgehead atoms. The van der Waals surface area contributed by atoms with Crippen LogP contribution in [0.2, 0.25) is 0 Å². The largest absolute Gasteiger partial charge is 0.340 e. The summed E-state index contributed by atoms with van der Waals surface area (Å²) in [6, 6.07) is 6.63. The van der Waals surface area contributed by atoms with E-state index in [0.29, 0.717) is 18.7 Å². The fourth-order valence-corrected chi connectivity index (χ4v) is 3.06. The van der Waals surface area contributed by atoms with E-state index >= 15 is 0 Å². The predicted molar refractivity (Wildman–Crippen MR) is 90.6 cm³/mol. The van der Waals surface area contributed by atoms with E-state index in [2.05, 4.69) is 10.2 Å². The standard InChI is InChI=1S/C18H28FN3O/c1-20-10-7-15-8-11-22(12-9-15)14-18(23)21(2)13-16-5-3-4-6-17(16)19/h3-6,15,20H,7-14H2,1-2H3. The van der Waals surface area contributed by atoms with E-state index in [4.69, 9.17) is 0 Å². The van der Waals surface area contributed by atoms with Crippen LogP contribution in [-0.2, 0) is 11.3 Å². The van der Waals surface area contributed by atoms with Gasteiger partial charge in [-0.25, -0.2) is 4.39 Å². The number of hydrogen-bond donors (Lipinski definition) is 1. The van der Waals surface area contributed by atoms with E-state index < -0.39 is 0 Å². The van der Waals surface area contributed by atoms with E-state index in [1.165, 1.54) is 12.5 Å². The summed E-state index contributed by atoms with van der Waals surface area (Å²) in [5.74, 6) is 0.573. The molecule has 1 aliphatic rings. The first-order valence-electron chi connectivity index (χ1n) is 8.44. The molecule has 1 aromatic carbocycles. The number of hydrogen-bond acceptors (Lipinski definition) is 3. The quantitative estimate of drug-likeness (QED) is 0.835. The van der Waals surface area contributed by atoms with E-state index in [-0.39, 0.29) is 11.7 Å². The summed E-state index contributed by atoms with van der Waals surface area (Å²) in [5.41, 5.74) is 0.564. The van der Waals surface area contributed by atoms with Gasteiger partial charge < -0.3 is 10.2 Å². The molecule has 1 N–H and O–H groups in total. The molecule has 0 atom stereocenters. The Morgan fingerprint density at radius 1 is 1.35 bits per heavy atom. The van der Waals surface area contributed by atoms with Gasteiger partial charge in [0.25, 0.3) is 0 Å².